The number of nitrogen functional groups attached to an aromatic ring is 1. The highest BCUT2D eigenvalue weighted by Crippen LogP contribution is 2.31. The maximum Gasteiger partial charge on any atom is 0.222 e. The van der Waals surface area contributed by atoms with Gasteiger partial charge in [-0.2, -0.15) is 4.98 Å². The second-order valence-electron chi connectivity index (χ2n) is 9.72. The largest absolute Gasteiger partial charge is 0.381 e. The fourth-order valence-electron chi connectivity index (χ4n) is 5.20. The second-order valence-corrected chi connectivity index (χ2v) is 9.72. The first-order valence-electron chi connectivity index (χ1n) is 12.4. The molecule has 2 N–H and O–H groups in total. The van der Waals surface area contributed by atoms with Gasteiger partial charge < -0.3 is 25.2 Å². The van der Waals surface area contributed by atoms with Crippen LogP contribution in [0.1, 0.15) is 30.4 Å². The van der Waals surface area contributed by atoms with Crippen LogP contribution >= 0.6 is 0 Å². The SMILES string of the molecule is CN1CCN(c2cc(-c3ccc4c(c3)CN(C(=C=O)CC3CCOCC3)CC4)nc(N)n2)CC1. The predicted molar refractivity (Wildman–Crippen MR) is 133 cm³/mol. The molecule has 2 aromatic rings. The van der Waals surface area contributed by atoms with Crippen LogP contribution in [-0.4, -0.2) is 78.7 Å². The number of ether oxygens (including phenoxy) is 1. The summed E-state index contributed by atoms with van der Waals surface area (Å²) in [5.41, 5.74) is 11.4. The zero-order valence-electron chi connectivity index (χ0n) is 20.0. The third-order valence-corrected chi connectivity index (χ3v) is 7.39. The molecule has 2 fully saturated rings. The number of hydrogen-bond donors (Lipinski definition) is 1. The first kappa shape index (κ1) is 22.8. The van der Waals surface area contributed by atoms with Crippen LogP contribution < -0.4 is 10.6 Å². The molecule has 0 spiro atoms. The van der Waals surface area contributed by atoms with Crippen LogP contribution in [0.4, 0.5) is 11.8 Å². The molecule has 5 rings (SSSR count). The molecule has 0 atom stereocenters. The van der Waals surface area contributed by atoms with Crippen LogP contribution in [0, 0.1) is 5.92 Å². The van der Waals surface area contributed by atoms with Crippen molar-refractivity contribution < 1.29 is 9.53 Å². The fourth-order valence-corrected chi connectivity index (χ4v) is 5.20. The number of piperazine rings is 1. The first-order chi connectivity index (χ1) is 16.6. The lowest BCUT2D eigenvalue weighted by Crippen LogP contribution is -2.44. The van der Waals surface area contributed by atoms with E-state index in [1.807, 2.05) is 6.07 Å². The molecule has 0 aliphatic carbocycles. The Hall–Kier alpha value is -2.93. The molecule has 1 aromatic heterocycles. The molecule has 3 aliphatic heterocycles. The quantitative estimate of drug-likeness (QED) is 0.678. The van der Waals surface area contributed by atoms with Crippen molar-refractivity contribution in [3.05, 3.63) is 41.1 Å². The van der Waals surface area contributed by atoms with E-state index in [0.29, 0.717) is 11.9 Å². The van der Waals surface area contributed by atoms with E-state index in [4.69, 9.17) is 10.5 Å². The van der Waals surface area contributed by atoms with E-state index in [1.165, 1.54) is 11.1 Å². The summed E-state index contributed by atoms with van der Waals surface area (Å²) in [5, 5.41) is 0. The number of allylic oxidation sites excluding steroid dienone is 1. The van der Waals surface area contributed by atoms with Crippen molar-refractivity contribution in [2.45, 2.75) is 32.2 Å². The number of nitrogens with two attached hydrogens (primary N) is 1. The van der Waals surface area contributed by atoms with Crippen LogP contribution in [0.3, 0.4) is 0 Å². The summed E-state index contributed by atoms with van der Waals surface area (Å²) in [6.45, 7) is 7.04. The molecule has 180 valence electrons. The van der Waals surface area contributed by atoms with Crippen molar-refractivity contribution >= 4 is 17.7 Å². The number of rotatable bonds is 5. The lowest BCUT2D eigenvalue weighted by molar-refractivity contribution is 0.0642. The monoisotopic (exact) mass is 462 g/mol. The molecule has 0 unspecified atom stereocenters. The average molecular weight is 463 g/mol. The van der Waals surface area contributed by atoms with E-state index in [9.17, 15) is 4.79 Å². The predicted octanol–water partition coefficient (Wildman–Crippen LogP) is 2.37. The lowest BCUT2D eigenvalue weighted by Gasteiger charge is -2.33. The minimum atomic E-state index is 0.299. The topological polar surface area (TPSA) is 87.8 Å². The summed E-state index contributed by atoms with van der Waals surface area (Å²) in [7, 11) is 2.14. The van der Waals surface area contributed by atoms with Gasteiger partial charge in [0, 0.05) is 70.5 Å². The van der Waals surface area contributed by atoms with Gasteiger partial charge in [-0.25, -0.2) is 9.78 Å². The van der Waals surface area contributed by atoms with Gasteiger partial charge in [0.05, 0.1) is 11.4 Å². The van der Waals surface area contributed by atoms with Crippen molar-refractivity contribution in [1.82, 2.24) is 19.8 Å². The minimum Gasteiger partial charge on any atom is -0.381 e. The minimum absolute atomic E-state index is 0.299. The molecule has 4 heterocycles. The van der Waals surface area contributed by atoms with Gasteiger partial charge in [0.25, 0.3) is 0 Å². The maximum atomic E-state index is 11.9. The van der Waals surface area contributed by atoms with E-state index in [1.54, 1.807) is 0 Å². The van der Waals surface area contributed by atoms with Crippen molar-refractivity contribution in [2.24, 2.45) is 5.92 Å². The summed E-state index contributed by atoms with van der Waals surface area (Å²) in [4.78, 5) is 27.7. The molecule has 8 heteroatoms. The number of aromatic nitrogens is 2. The Morgan fingerprint density at radius 2 is 1.88 bits per heavy atom. The third kappa shape index (κ3) is 5.09. The summed E-state index contributed by atoms with van der Waals surface area (Å²) in [6.07, 6.45) is 3.75. The van der Waals surface area contributed by atoms with Gasteiger partial charge in [-0.1, -0.05) is 12.1 Å². The van der Waals surface area contributed by atoms with E-state index < -0.39 is 0 Å². The zero-order valence-corrected chi connectivity index (χ0v) is 20.0. The summed E-state index contributed by atoms with van der Waals surface area (Å²) >= 11 is 0. The lowest BCUT2D eigenvalue weighted by atomic mass is 9.92. The van der Waals surface area contributed by atoms with E-state index in [2.05, 4.69) is 55.9 Å². The van der Waals surface area contributed by atoms with Gasteiger partial charge in [-0.3, -0.25) is 0 Å². The van der Waals surface area contributed by atoms with Crippen LogP contribution in [0.15, 0.2) is 30.0 Å². The average Bonchev–Trinajstić information content (AvgIpc) is 2.87. The molecule has 0 amide bonds. The second kappa shape index (κ2) is 10.1. The highest BCUT2D eigenvalue weighted by Gasteiger charge is 2.24. The smallest absolute Gasteiger partial charge is 0.222 e. The van der Waals surface area contributed by atoms with Crippen molar-refractivity contribution in [3.8, 4) is 11.3 Å². The van der Waals surface area contributed by atoms with Gasteiger partial charge in [0.2, 0.25) is 5.95 Å². The van der Waals surface area contributed by atoms with Crippen LogP contribution in [0.2, 0.25) is 0 Å². The number of hydrogen-bond acceptors (Lipinski definition) is 8. The number of likely N-dealkylation sites (N-methyl/N-ethyl adjacent to an activating group) is 1. The number of anilines is 2. The van der Waals surface area contributed by atoms with Gasteiger partial charge in [0.1, 0.15) is 11.8 Å². The van der Waals surface area contributed by atoms with Gasteiger partial charge in [-0.05, 0) is 49.4 Å². The molecule has 8 nitrogen and oxygen atoms in total. The number of carbonyl (C=O) groups excluding carboxylic acids is 1. The van der Waals surface area contributed by atoms with Crippen molar-refractivity contribution in [2.75, 3.05) is 63.6 Å². The Morgan fingerprint density at radius 3 is 2.65 bits per heavy atom. The fraction of sp³-hybridized carbons (Fsp3) is 0.538. The van der Waals surface area contributed by atoms with E-state index in [0.717, 1.165) is 101 Å². The van der Waals surface area contributed by atoms with Crippen LogP contribution in [-0.2, 0) is 22.5 Å². The Morgan fingerprint density at radius 1 is 1.09 bits per heavy atom. The Balaban J connectivity index is 1.35. The van der Waals surface area contributed by atoms with Crippen LogP contribution in [0.25, 0.3) is 11.3 Å². The molecule has 0 bridgehead atoms. The van der Waals surface area contributed by atoms with E-state index >= 15 is 0 Å². The van der Waals surface area contributed by atoms with Crippen molar-refractivity contribution in [1.29, 1.82) is 0 Å². The standard InChI is InChI=1S/C26H34N6O2/c1-30-8-10-31(11-9-30)25-16-24(28-26(27)29-25)21-3-2-20-4-7-32(17-22(20)15-21)23(18-33)14-19-5-12-34-13-6-19/h2-3,15-16,19H,4-14,17H2,1H3,(H2,27,28,29). The Bertz CT molecular complexity index is 1070. The molecule has 3 aliphatic rings. The molecular weight excluding hydrogens is 428 g/mol. The summed E-state index contributed by atoms with van der Waals surface area (Å²) in [6, 6.07) is 8.57. The molecule has 0 radical (unpaired) electrons. The van der Waals surface area contributed by atoms with Gasteiger partial charge >= 0.3 is 0 Å². The molecular formula is C26H34N6O2. The molecule has 34 heavy (non-hydrogen) atoms. The zero-order chi connectivity index (χ0) is 23.5. The van der Waals surface area contributed by atoms with Gasteiger partial charge in [-0.15, -0.1) is 0 Å². The van der Waals surface area contributed by atoms with E-state index in [-0.39, 0.29) is 0 Å². The first-order valence-corrected chi connectivity index (χ1v) is 12.4. The summed E-state index contributed by atoms with van der Waals surface area (Å²) in [5.74, 6) is 3.95. The van der Waals surface area contributed by atoms with Crippen molar-refractivity contribution in [3.63, 3.8) is 0 Å². The molecule has 1 aromatic carbocycles. The number of fused-ring (bicyclic) bond motifs is 1. The number of nitrogens with zero attached hydrogens (tertiary/aromatic N) is 5. The summed E-state index contributed by atoms with van der Waals surface area (Å²) < 4.78 is 5.48. The highest BCUT2D eigenvalue weighted by atomic mass is 16.5. The van der Waals surface area contributed by atoms with Gasteiger partial charge in [0.15, 0.2) is 0 Å². The molecule has 0 saturated carbocycles. The molecule has 2 saturated heterocycles. The van der Waals surface area contributed by atoms with Crippen LogP contribution in [0.5, 0.6) is 0 Å². The Labute approximate surface area is 201 Å². The highest BCUT2D eigenvalue weighted by molar-refractivity contribution is 5.66. The third-order valence-electron chi connectivity index (χ3n) is 7.39. The Kier molecular flexibility index (Phi) is 6.81. The normalized spacial score (nSPS) is 19.6. The number of benzene rings is 1. The maximum absolute atomic E-state index is 11.9.